The second-order valence-electron chi connectivity index (χ2n) is 5.22. The van der Waals surface area contributed by atoms with Crippen LogP contribution in [0.25, 0.3) is 0 Å². The van der Waals surface area contributed by atoms with Gasteiger partial charge in [0.15, 0.2) is 0 Å². The van der Waals surface area contributed by atoms with Crippen molar-refractivity contribution in [3.63, 3.8) is 0 Å². The summed E-state index contributed by atoms with van der Waals surface area (Å²) in [6, 6.07) is 7.96. The fourth-order valence-electron chi connectivity index (χ4n) is 1.48. The molecule has 0 spiro atoms. The van der Waals surface area contributed by atoms with Crippen LogP contribution in [-0.4, -0.2) is 4.98 Å². The van der Waals surface area contributed by atoms with E-state index in [4.69, 9.17) is 5.73 Å². The standard InChI is InChI=1S/C14H18N2S2/c1-14(2,3)13-16-10(9-18-13)8-17-12-7-5-4-6-11(12)15/h4-7,9H,8,15H2,1-3H3. The Hall–Kier alpha value is -1.00. The lowest BCUT2D eigenvalue weighted by atomic mass is 9.98. The number of nitrogens with two attached hydrogens (primary N) is 1. The maximum atomic E-state index is 5.92. The first kappa shape index (κ1) is 13.4. The Labute approximate surface area is 117 Å². The molecule has 0 atom stereocenters. The maximum Gasteiger partial charge on any atom is 0.0982 e. The molecule has 0 fully saturated rings. The maximum absolute atomic E-state index is 5.92. The summed E-state index contributed by atoms with van der Waals surface area (Å²) in [5.74, 6) is 0.876. The van der Waals surface area contributed by atoms with Crippen LogP contribution in [0.4, 0.5) is 5.69 Å². The van der Waals surface area contributed by atoms with Crippen LogP contribution in [0.3, 0.4) is 0 Å². The summed E-state index contributed by atoms with van der Waals surface area (Å²) in [5.41, 5.74) is 8.04. The molecule has 4 heteroatoms. The third-order valence-electron chi connectivity index (χ3n) is 2.49. The Morgan fingerprint density at radius 2 is 2.00 bits per heavy atom. The third kappa shape index (κ3) is 3.27. The Balaban J connectivity index is 2.03. The highest BCUT2D eigenvalue weighted by Gasteiger charge is 2.17. The first-order valence-electron chi connectivity index (χ1n) is 5.89. The Kier molecular flexibility index (Phi) is 3.97. The first-order valence-corrected chi connectivity index (χ1v) is 7.75. The molecule has 2 nitrogen and oxygen atoms in total. The van der Waals surface area contributed by atoms with Gasteiger partial charge in [-0.3, -0.25) is 0 Å². The molecular weight excluding hydrogens is 260 g/mol. The lowest BCUT2D eigenvalue weighted by Gasteiger charge is -2.13. The van der Waals surface area contributed by atoms with Gasteiger partial charge >= 0.3 is 0 Å². The molecule has 0 aliphatic carbocycles. The van der Waals surface area contributed by atoms with Crippen LogP contribution >= 0.6 is 23.1 Å². The molecule has 1 heterocycles. The van der Waals surface area contributed by atoms with E-state index in [1.165, 1.54) is 5.01 Å². The summed E-state index contributed by atoms with van der Waals surface area (Å²) in [6.45, 7) is 6.58. The van der Waals surface area contributed by atoms with Crippen molar-refractivity contribution in [3.05, 3.63) is 40.3 Å². The highest BCUT2D eigenvalue weighted by Crippen LogP contribution is 2.30. The smallest absolute Gasteiger partial charge is 0.0982 e. The molecule has 1 aromatic heterocycles. The van der Waals surface area contributed by atoms with Gasteiger partial charge in [-0.25, -0.2) is 4.98 Å². The predicted octanol–water partition coefficient (Wildman–Crippen LogP) is 4.32. The molecule has 0 saturated heterocycles. The molecule has 2 aromatic rings. The summed E-state index contributed by atoms with van der Waals surface area (Å²) in [4.78, 5) is 5.81. The number of thioether (sulfide) groups is 1. The van der Waals surface area contributed by atoms with Gasteiger partial charge in [0, 0.05) is 27.1 Å². The lowest BCUT2D eigenvalue weighted by Crippen LogP contribution is -2.10. The third-order valence-corrected chi connectivity index (χ3v) is 4.93. The van der Waals surface area contributed by atoms with E-state index in [1.54, 1.807) is 23.1 Å². The fourth-order valence-corrected chi connectivity index (χ4v) is 3.35. The molecule has 0 aliphatic heterocycles. The summed E-state index contributed by atoms with van der Waals surface area (Å²) in [6.07, 6.45) is 0. The number of hydrogen-bond donors (Lipinski definition) is 1. The van der Waals surface area contributed by atoms with Crippen LogP contribution in [0.1, 0.15) is 31.5 Å². The van der Waals surface area contributed by atoms with Gasteiger partial charge < -0.3 is 5.73 Å². The average molecular weight is 278 g/mol. The zero-order valence-electron chi connectivity index (χ0n) is 10.9. The van der Waals surface area contributed by atoms with Gasteiger partial charge in [0.1, 0.15) is 0 Å². The minimum absolute atomic E-state index is 0.138. The van der Waals surface area contributed by atoms with Crippen molar-refractivity contribution in [3.8, 4) is 0 Å². The molecular formula is C14H18N2S2. The topological polar surface area (TPSA) is 38.9 Å². The second-order valence-corrected chi connectivity index (χ2v) is 7.10. The van der Waals surface area contributed by atoms with E-state index in [0.717, 1.165) is 22.0 Å². The van der Waals surface area contributed by atoms with Gasteiger partial charge in [0.05, 0.1) is 10.7 Å². The van der Waals surface area contributed by atoms with Crippen molar-refractivity contribution >= 4 is 28.8 Å². The minimum atomic E-state index is 0.138. The summed E-state index contributed by atoms with van der Waals surface area (Å²) >= 11 is 3.48. The predicted molar refractivity (Wildman–Crippen MR) is 81.2 cm³/mol. The average Bonchev–Trinajstić information content (AvgIpc) is 2.76. The second kappa shape index (κ2) is 5.33. The van der Waals surface area contributed by atoms with Gasteiger partial charge in [0.2, 0.25) is 0 Å². The van der Waals surface area contributed by atoms with E-state index in [1.807, 2.05) is 18.2 Å². The van der Waals surface area contributed by atoms with E-state index in [9.17, 15) is 0 Å². The van der Waals surface area contributed by atoms with Gasteiger partial charge in [-0.2, -0.15) is 0 Å². The quantitative estimate of drug-likeness (QED) is 0.671. The highest BCUT2D eigenvalue weighted by atomic mass is 32.2. The van der Waals surface area contributed by atoms with Crippen molar-refractivity contribution in [2.24, 2.45) is 0 Å². The van der Waals surface area contributed by atoms with E-state index < -0.39 is 0 Å². The zero-order chi connectivity index (χ0) is 13.2. The van der Waals surface area contributed by atoms with Crippen LogP contribution in [0.2, 0.25) is 0 Å². The van der Waals surface area contributed by atoms with Crippen LogP contribution in [0, 0.1) is 0 Å². The number of thiazole rings is 1. The number of nitrogens with zero attached hydrogens (tertiary/aromatic N) is 1. The number of rotatable bonds is 3. The van der Waals surface area contributed by atoms with Crippen molar-refractivity contribution in [1.29, 1.82) is 0 Å². The summed E-state index contributed by atoms with van der Waals surface area (Å²) in [5, 5.41) is 3.34. The molecule has 0 bridgehead atoms. The molecule has 2 N–H and O–H groups in total. The molecule has 0 amide bonds. The van der Waals surface area contributed by atoms with Crippen LogP contribution in [-0.2, 0) is 11.2 Å². The molecule has 0 aliphatic rings. The van der Waals surface area contributed by atoms with E-state index in [-0.39, 0.29) is 5.41 Å². The summed E-state index contributed by atoms with van der Waals surface area (Å²) in [7, 11) is 0. The van der Waals surface area contributed by atoms with Gasteiger partial charge in [-0.15, -0.1) is 23.1 Å². The number of nitrogen functional groups attached to an aromatic ring is 1. The van der Waals surface area contributed by atoms with E-state index >= 15 is 0 Å². The zero-order valence-corrected chi connectivity index (χ0v) is 12.6. The van der Waals surface area contributed by atoms with Crippen molar-refractivity contribution in [2.45, 2.75) is 36.8 Å². The van der Waals surface area contributed by atoms with E-state index in [2.05, 4.69) is 37.2 Å². The van der Waals surface area contributed by atoms with Crippen LogP contribution in [0.15, 0.2) is 34.5 Å². The largest absolute Gasteiger partial charge is 0.398 e. The molecule has 0 radical (unpaired) electrons. The minimum Gasteiger partial charge on any atom is -0.398 e. The molecule has 96 valence electrons. The number of hydrogen-bond acceptors (Lipinski definition) is 4. The van der Waals surface area contributed by atoms with Gasteiger partial charge in [-0.05, 0) is 12.1 Å². The molecule has 2 rings (SSSR count). The number of anilines is 1. The number of para-hydroxylation sites is 1. The highest BCUT2D eigenvalue weighted by molar-refractivity contribution is 7.98. The molecule has 0 unspecified atom stereocenters. The Morgan fingerprint density at radius 1 is 1.28 bits per heavy atom. The Bertz CT molecular complexity index is 527. The molecule has 18 heavy (non-hydrogen) atoms. The first-order chi connectivity index (χ1) is 8.47. The fraction of sp³-hybridized carbons (Fsp3) is 0.357. The normalized spacial score (nSPS) is 11.7. The monoisotopic (exact) mass is 278 g/mol. The summed E-state index contributed by atoms with van der Waals surface area (Å²) < 4.78 is 0. The SMILES string of the molecule is CC(C)(C)c1nc(CSc2ccccc2N)cs1. The van der Waals surface area contributed by atoms with Crippen molar-refractivity contribution < 1.29 is 0 Å². The van der Waals surface area contributed by atoms with E-state index in [0.29, 0.717) is 0 Å². The Morgan fingerprint density at radius 3 is 2.61 bits per heavy atom. The van der Waals surface area contributed by atoms with Gasteiger partial charge in [0.25, 0.3) is 0 Å². The van der Waals surface area contributed by atoms with Crippen molar-refractivity contribution in [1.82, 2.24) is 4.98 Å². The van der Waals surface area contributed by atoms with Crippen LogP contribution < -0.4 is 5.73 Å². The lowest BCUT2D eigenvalue weighted by molar-refractivity contribution is 0.584. The molecule has 1 aromatic carbocycles. The molecule has 0 saturated carbocycles. The van der Waals surface area contributed by atoms with Crippen molar-refractivity contribution in [2.75, 3.05) is 5.73 Å². The van der Waals surface area contributed by atoms with Gasteiger partial charge in [-0.1, -0.05) is 32.9 Å². The van der Waals surface area contributed by atoms with Crippen LogP contribution in [0.5, 0.6) is 0 Å². The number of benzene rings is 1. The number of aromatic nitrogens is 1.